The van der Waals surface area contributed by atoms with Gasteiger partial charge in [-0.2, -0.15) is 0 Å². The summed E-state index contributed by atoms with van der Waals surface area (Å²) in [6, 6.07) is 5.86. The lowest BCUT2D eigenvalue weighted by molar-refractivity contribution is -0.131. The Kier molecular flexibility index (Phi) is 2.77. The summed E-state index contributed by atoms with van der Waals surface area (Å²) in [6.07, 6.45) is 4.64. The van der Waals surface area contributed by atoms with Gasteiger partial charge in [0, 0.05) is 17.5 Å². The van der Waals surface area contributed by atoms with E-state index >= 15 is 0 Å². The van der Waals surface area contributed by atoms with Gasteiger partial charge in [-0.1, -0.05) is 12.6 Å². The predicted octanol–water partition coefficient (Wildman–Crippen LogP) is 2.66. The van der Waals surface area contributed by atoms with Gasteiger partial charge in [0.05, 0.1) is 0 Å². The Morgan fingerprint density at radius 3 is 3.00 bits per heavy atom. The number of rotatable bonds is 2. The normalized spacial score (nSPS) is 14.6. The summed E-state index contributed by atoms with van der Waals surface area (Å²) in [5.41, 5.74) is 4.22. The number of anilines is 1. The molecule has 3 nitrogen and oxygen atoms in total. The van der Waals surface area contributed by atoms with E-state index in [1.807, 2.05) is 18.2 Å². The molecule has 3 heteroatoms. The molecule has 1 heterocycles. The first-order chi connectivity index (χ1) is 7.65. The molecule has 0 aromatic heterocycles. The molecule has 1 aromatic carbocycles. The molecule has 16 heavy (non-hydrogen) atoms. The van der Waals surface area contributed by atoms with E-state index in [1.165, 1.54) is 5.56 Å². The number of allylic oxidation sites excluding steroid dienone is 1. The van der Waals surface area contributed by atoms with Gasteiger partial charge in [-0.05, 0) is 42.2 Å². The molecule has 0 fully saturated rings. The van der Waals surface area contributed by atoms with Crippen LogP contribution in [0.15, 0.2) is 36.6 Å². The lowest BCUT2D eigenvalue weighted by Gasteiger charge is -2.20. The molecule has 0 aliphatic carbocycles. The van der Waals surface area contributed by atoms with Gasteiger partial charge in [-0.25, -0.2) is 4.79 Å². The molecule has 1 aliphatic heterocycles. The first kappa shape index (κ1) is 10.5. The Morgan fingerprint density at radius 1 is 1.44 bits per heavy atom. The van der Waals surface area contributed by atoms with Crippen molar-refractivity contribution < 1.29 is 9.90 Å². The van der Waals surface area contributed by atoms with Crippen LogP contribution < -0.4 is 5.32 Å². The van der Waals surface area contributed by atoms with Crippen LogP contribution in [-0.2, 0) is 11.2 Å². The zero-order valence-corrected chi connectivity index (χ0v) is 8.86. The number of aliphatic carboxylic acids is 1. The highest BCUT2D eigenvalue weighted by atomic mass is 16.4. The molecule has 0 atom stereocenters. The average molecular weight is 215 g/mol. The van der Waals surface area contributed by atoms with E-state index in [-0.39, 0.29) is 0 Å². The van der Waals surface area contributed by atoms with Gasteiger partial charge in [0.15, 0.2) is 0 Å². The quantitative estimate of drug-likeness (QED) is 0.745. The summed E-state index contributed by atoms with van der Waals surface area (Å²) in [5, 5.41) is 11.8. The molecular formula is C13H13NO2. The van der Waals surface area contributed by atoms with Crippen molar-refractivity contribution in [2.45, 2.75) is 12.8 Å². The van der Waals surface area contributed by atoms with Crippen LogP contribution in [-0.4, -0.2) is 11.1 Å². The van der Waals surface area contributed by atoms with Crippen molar-refractivity contribution in [2.75, 3.05) is 5.32 Å². The molecule has 0 saturated carbocycles. The van der Waals surface area contributed by atoms with E-state index in [4.69, 9.17) is 5.11 Å². The average Bonchev–Trinajstić information content (AvgIpc) is 2.26. The number of nitrogens with one attached hydrogen (secondary N) is 1. The maximum absolute atomic E-state index is 10.4. The SMILES string of the molecule is C=C1CCc2cc(C=CC(=O)O)ccc2N1. The molecule has 0 saturated heterocycles. The Morgan fingerprint density at radius 2 is 2.25 bits per heavy atom. The first-order valence-electron chi connectivity index (χ1n) is 5.14. The molecule has 1 aromatic rings. The van der Waals surface area contributed by atoms with E-state index in [1.54, 1.807) is 6.08 Å². The molecule has 0 bridgehead atoms. The summed E-state index contributed by atoms with van der Waals surface area (Å²) in [5.74, 6) is -0.927. The predicted molar refractivity (Wildman–Crippen MR) is 64.2 cm³/mol. The number of fused-ring (bicyclic) bond motifs is 1. The molecule has 0 spiro atoms. The number of carboxylic acid groups (broad SMARTS) is 1. The number of aryl methyl sites for hydroxylation is 1. The van der Waals surface area contributed by atoms with Gasteiger partial charge < -0.3 is 10.4 Å². The van der Waals surface area contributed by atoms with Crippen molar-refractivity contribution in [3.05, 3.63) is 47.7 Å². The third-order valence-electron chi connectivity index (χ3n) is 2.56. The highest BCUT2D eigenvalue weighted by molar-refractivity contribution is 5.85. The van der Waals surface area contributed by atoms with Crippen molar-refractivity contribution in [1.29, 1.82) is 0 Å². The molecule has 2 N–H and O–H groups in total. The Hall–Kier alpha value is -2.03. The van der Waals surface area contributed by atoms with Crippen LogP contribution in [0.5, 0.6) is 0 Å². The van der Waals surface area contributed by atoms with Crippen LogP contribution in [0.4, 0.5) is 5.69 Å². The lowest BCUT2D eigenvalue weighted by Crippen LogP contribution is -2.08. The first-order valence-corrected chi connectivity index (χ1v) is 5.14. The fraction of sp³-hybridized carbons (Fsp3) is 0.154. The van der Waals surface area contributed by atoms with Crippen LogP contribution >= 0.6 is 0 Å². The second kappa shape index (κ2) is 4.23. The molecular weight excluding hydrogens is 202 g/mol. The Bertz CT molecular complexity index is 475. The second-order valence-electron chi connectivity index (χ2n) is 3.82. The van der Waals surface area contributed by atoms with E-state index in [0.717, 1.165) is 35.9 Å². The lowest BCUT2D eigenvalue weighted by atomic mass is 9.99. The van der Waals surface area contributed by atoms with Crippen molar-refractivity contribution in [1.82, 2.24) is 0 Å². The molecule has 1 aliphatic rings. The maximum Gasteiger partial charge on any atom is 0.328 e. The van der Waals surface area contributed by atoms with Gasteiger partial charge in [0.2, 0.25) is 0 Å². The number of carbonyl (C=O) groups is 1. The minimum atomic E-state index is -0.927. The largest absolute Gasteiger partial charge is 0.478 e. The summed E-state index contributed by atoms with van der Waals surface area (Å²) in [7, 11) is 0. The Labute approximate surface area is 94.1 Å². The second-order valence-corrected chi connectivity index (χ2v) is 3.82. The zero-order valence-electron chi connectivity index (χ0n) is 8.86. The summed E-state index contributed by atoms with van der Waals surface area (Å²) >= 11 is 0. The van der Waals surface area contributed by atoms with Crippen LogP contribution in [0, 0.1) is 0 Å². The molecule has 0 radical (unpaired) electrons. The van der Waals surface area contributed by atoms with Crippen molar-refractivity contribution in [2.24, 2.45) is 0 Å². The number of hydrogen-bond acceptors (Lipinski definition) is 2. The van der Waals surface area contributed by atoms with Gasteiger partial charge in [0.25, 0.3) is 0 Å². The molecule has 2 rings (SSSR count). The zero-order chi connectivity index (χ0) is 11.5. The molecule has 0 unspecified atom stereocenters. The van der Waals surface area contributed by atoms with Crippen LogP contribution in [0.25, 0.3) is 6.08 Å². The minimum Gasteiger partial charge on any atom is -0.478 e. The number of carboxylic acids is 1. The fourth-order valence-corrected chi connectivity index (χ4v) is 1.75. The summed E-state index contributed by atoms with van der Waals surface area (Å²) in [4.78, 5) is 10.4. The van der Waals surface area contributed by atoms with E-state index in [2.05, 4.69) is 11.9 Å². The van der Waals surface area contributed by atoms with Crippen LogP contribution in [0.1, 0.15) is 17.5 Å². The van der Waals surface area contributed by atoms with Crippen molar-refractivity contribution in [3.63, 3.8) is 0 Å². The highest BCUT2D eigenvalue weighted by Gasteiger charge is 2.10. The highest BCUT2D eigenvalue weighted by Crippen LogP contribution is 2.27. The summed E-state index contributed by atoms with van der Waals surface area (Å²) in [6.45, 7) is 3.89. The third-order valence-corrected chi connectivity index (χ3v) is 2.56. The van der Waals surface area contributed by atoms with E-state index < -0.39 is 5.97 Å². The van der Waals surface area contributed by atoms with Crippen LogP contribution in [0.3, 0.4) is 0 Å². The van der Waals surface area contributed by atoms with E-state index in [9.17, 15) is 4.79 Å². The van der Waals surface area contributed by atoms with Crippen molar-refractivity contribution in [3.8, 4) is 0 Å². The smallest absolute Gasteiger partial charge is 0.328 e. The third kappa shape index (κ3) is 2.31. The van der Waals surface area contributed by atoms with Gasteiger partial charge >= 0.3 is 5.97 Å². The van der Waals surface area contributed by atoms with Gasteiger partial charge in [-0.3, -0.25) is 0 Å². The number of hydrogen-bond donors (Lipinski definition) is 2. The topological polar surface area (TPSA) is 49.3 Å². The monoisotopic (exact) mass is 215 g/mol. The Balaban J connectivity index is 2.26. The number of benzene rings is 1. The summed E-state index contributed by atoms with van der Waals surface area (Å²) < 4.78 is 0. The molecule has 0 amide bonds. The van der Waals surface area contributed by atoms with Crippen LogP contribution in [0.2, 0.25) is 0 Å². The minimum absolute atomic E-state index is 0.912. The van der Waals surface area contributed by atoms with Crippen molar-refractivity contribution >= 4 is 17.7 Å². The fourth-order valence-electron chi connectivity index (χ4n) is 1.75. The maximum atomic E-state index is 10.4. The van der Waals surface area contributed by atoms with Gasteiger partial charge in [0.1, 0.15) is 0 Å². The molecule has 82 valence electrons. The standard InChI is InChI=1S/C13H13NO2/c1-9-2-5-11-8-10(4-7-13(15)16)3-6-12(11)14-9/h3-4,6-8,14H,1-2,5H2,(H,15,16). The van der Waals surface area contributed by atoms with Gasteiger partial charge in [-0.15, -0.1) is 0 Å². The van der Waals surface area contributed by atoms with E-state index in [0.29, 0.717) is 0 Å².